The molecule has 2 aromatic heterocycles. The number of nitrogens with one attached hydrogen (secondary N) is 1. The number of pyridine rings is 1. The van der Waals surface area contributed by atoms with Gasteiger partial charge in [0.1, 0.15) is 18.0 Å². The highest BCUT2D eigenvalue weighted by Gasteiger charge is 2.22. The van der Waals surface area contributed by atoms with Crippen molar-refractivity contribution in [2.75, 3.05) is 6.61 Å². The molecule has 5 nitrogen and oxygen atoms in total. The molecular weight excluding hydrogens is 340 g/mol. The van der Waals surface area contributed by atoms with Gasteiger partial charge in [-0.05, 0) is 49.1 Å². The molecule has 1 N–H and O–H groups in total. The van der Waals surface area contributed by atoms with Crippen LogP contribution in [0.15, 0.2) is 42.7 Å². The average molecular weight is 357 g/mol. The molecule has 1 aliphatic rings. The van der Waals surface area contributed by atoms with Gasteiger partial charge in [-0.15, -0.1) is 0 Å². The number of rotatable bonds is 6. The van der Waals surface area contributed by atoms with Crippen LogP contribution in [-0.2, 0) is 11.3 Å². The van der Waals surface area contributed by atoms with Crippen LogP contribution in [0.3, 0.4) is 0 Å². The van der Waals surface area contributed by atoms with Crippen molar-refractivity contribution in [1.82, 2.24) is 9.97 Å². The molecule has 2 heterocycles. The summed E-state index contributed by atoms with van der Waals surface area (Å²) in [5.74, 6) is 0.954. The van der Waals surface area contributed by atoms with Gasteiger partial charge in [0, 0.05) is 28.4 Å². The van der Waals surface area contributed by atoms with E-state index >= 15 is 0 Å². The highest BCUT2D eigenvalue weighted by atomic mass is 35.5. The Morgan fingerprint density at radius 1 is 1.28 bits per heavy atom. The maximum absolute atomic E-state index is 12.5. The van der Waals surface area contributed by atoms with Gasteiger partial charge in [0.05, 0.1) is 12.2 Å². The van der Waals surface area contributed by atoms with Crippen LogP contribution in [0.4, 0.5) is 0 Å². The standard InChI is InChI=1S/C19H17ClN2O3/c20-14-3-4-17(24-10-12-1-2-12)13(9-14)11-25-19(23)16-6-8-22-18-15(16)5-7-21-18/h3-9,12H,1-2,10-11H2,(H,21,22). The lowest BCUT2D eigenvalue weighted by Gasteiger charge is -2.12. The van der Waals surface area contributed by atoms with Crippen molar-refractivity contribution in [1.29, 1.82) is 0 Å². The second-order valence-corrected chi connectivity index (χ2v) is 6.62. The van der Waals surface area contributed by atoms with Crippen molar-refractivity contribution in [2.24, 2.45) is 5.92 Å². The fraction of sp³-hybridized carbons (Fsp3) is 0.263. The van der Waals surface area contributed by atoms with E-state index in [9.17, 15) is 4.79 Å². The molecule has 3 aromatic rings. The van der Waals surface area contributed by atoms with Gasteiger partial charge >= 0.3 is 5.97 Å². The lowest BCUT2D eigenvalue weighted by atomic mass is 10.2. The van der Waals surface area contributed by atoms with Crippen molar-refractivity contribution >= 4 is 28.6 Å². The van der Waals surface area contributed by atoms with Crippen LogP contribution in [-0.4, -0.2) is 22.5 Å². The fourth-order valence-corrected chi connectivity index (χ4v) is 2.85. The molecule has 0 bridgehead atoms. The zero-order chi connectivity index (χ0) is 17.2. The van der Waals surface area contributed by atoms with Gasteiger partial charge < -0.3 is 14.5 Å². The number of H-pyrrole nitrogens is 1. The first-order chi connectivity index (χ1) is 12.2. The van der Waals surface area contributed by atoms with Gasteiger partial charge in [-0.25, -0.2) is 9.78 Å². The zero-order valence-electron chi connectivity index (χ0n) is 13.5. The Kier molecular flexibility index (Phi) is 4.32. The van der Waals surface area contributed by atoms with Gasteiger partial charge in [-0.2, -0.15) is 0 Å². The van der Waals surface area contributed by atoms with Gasteiger partial charge in [0.25, 0.3) is 0 Å². The first kappa shape index (κ1) is 16.0. The summed E-state index contributed by atoms with van der Waals surface area (Å²) in [5, 5.41) is 1.32. The zero-order valence-corrected chi connectivity index (χ0v) is 14.3. The molecule has 6 heteroatoms. The minimum Gasteiger partial charge on any atom is -0.493 e. The maximum atomic E-state index is 12.5. The van der Waals surface area contributed by atoms with Crippen LogP contribution < -0.4 is 4.74 Å². The molecule has 0 atom stereocenters. The van der Waals surface area contributed by atoms with Gasteiger partial charge in [0.15, 0.2) is 0 Å². The molecule has 0 saturated heterocycles. The van der Waals surface area contributed by atoms with Crippen molar-refractivity contribution < 1.29 is 14.3 Å². The molecule has 0 aliphatic heterocycles. The Bertz CT molecular complexity index is 918. The highest BCUT2D eigenvalue weighted by Crippen LogP contribution is 2.31. The lowest BCUT2D eigenvalue weighted by molar-refractivity contribution is 0.0471. The number of hydrogen-bond donors (Lipinski definition) is 1. The molecule has 1 aromatic carbocycles. The van der Waals surface area contributed by atoms with Crippen molar-refractivity contribution in [2.45, 2.75) is 19.4 Å². The summed E-state index contributed by atoms with van der Waals surface area (Å²) in [5.41, 5.74) is 1.90. The Labute approximate surface area is 149 Å². The summed E-state index contributed by atoms with van der Waals surface area (Å²) in [6, 6.07) is 8.84. The average Bonchev–Trinajstić information content (AvgIpc) is 3.32. The number of halogens is 1. The summed E-state index contributed by atoms with van der Waals surface area (Å²) in [7, 11) is 0. The Morgan fingerprint density at radius 2 is 2.16 bits per heavy atom. The van der Waals surface area contributed by atoms with Gasteiger partial charge in [0.2, 0.25) is 0 Å². The molecule has 4 rings (SSSR count). The molecule has 0 radical (unpaired) electrons. The van der Waals surface area contributed by atoms with E-state index in [1.165, 1.54) is 12.8 Å². The van der Waals surface area contributed by atoms with Gasteiger partial charge in [-0.3, -0.25) is 0 Å². The van der Waals surface area contributed by atoms with E-state index in [1.807, 2.05) is 12.1 Å². The number of benzene rings is 1. The Balaban J connectivity index is 1.49. The Morgan fingerprint density at radius 3 is 3.00 bits per heavy atom. The van der Waals surface area contributed by atoms with E-state index in [0.29, 0.717) is 34.5 Å². The van der Waals surface area contributed by atoms with Gasteiger partial charge in [-0.1, -0.05) is 11.6 Å². The molecule has 0 unspecified atom stereocenters. The molecule has 0 spiro atoms. The van der Waals surface area contributed by atoms with Crippen molar-refractivity contribution in [3.05, 3.63) is 58.9 Å². The first-order valence-corrected chi connectivity index (χ1v) is 8.59. The van der Waals surface area contributed by atoms with E-state index in [4.69, 9.17) is 21.1 Å². The van der Waals surface area contributed by atoms with Crippen LogP contribution in [0, 0.1) is 5.92 Å². The first-order valence-electron chi connectivity index (χ1n) is 8.21. The summed E-state index contributed by atoms with van der Waals surface area (Å²) in [6.45, 7) is 0.796. The number of aromatic amines is 1. The quantitative estimate of drug-likeness (QED) is 0.666. The number of carbonyl (C=O) groups excluding carboxylic acids is 1. The second kappa shape index (κ2) is 6.76. The number of aromatic nitrogens is 2. The molecule has 25 heavy (non-hydrogen) atoms. The second-order valence-electron chi connectivity index (χ2n) is 6.18. The van der Waals surface area contributed by atoms with Crippen LogP contribution in [0.5, 0.6) is 5.75 Å². The van der Waals surface area contributed by atoms with Crippen molar-refractivity contribution in [3.8, 4) is 5.75 Å². The predicted molar refractivity (Wildman–Crippen MR) is 94.9 cm³/mol. The lowest BCUT2D eigenvalue weighted by Crippen LogP contribution is -2.08. The van der Waals surface area contributed by atoms with Crippen LogP contribution in [0.25, 0.3) is 11.0 Å². The van der Waals surface area contributed by atoms with E-state index in [2.05, 4.69) is 9.97 Å². The molecular formula is C19H17ClN2O3. The van der Waals surface area contributed by atoms with E-state index < -0.39 is 5.97 Å². The van der Waals surface area contributed by atoms with E-state index in [-0.39, 0.29) is 6.61 Å². The molecule has 1 saturated carbocycles. The highest BCUT2D eigenvalue weighted by molar-refractivity contribution is 6.30. The third kappa shape index (κ3) is 3.61. The predicted octanol–water partition coefficient (Wildman–Crippen LogP) is 4.36. The monoisotopic (exact) mass is 356 g/mol. The molecule has 1 fully saturated rings. The number of fused-ring (bicyclic) bond motifs is 1. The number of nitrogens with zero attached hydrogens (tertiary/aromatic N) is 1. The van der Waals surface area contributed by atoms with Crippen LogP contribution >= 0.6 is 11.6 Å². The topological polar surface area (TPSA) is 64.2 Å². The number of esters is 1. The number of carbonyl (C=O) groups is 1. The number of hydrogen-bond acceptors (Lipinski definition) is 4. The smallest absolute Gasteiger partial charge is 0.339 e. The number of ether oxygens (including phenoxy) is 2. The SMILES string of the molecule is O=C(OCc1cc(Cl)ccc1OCC1CC1)c1ccnc2[nH]ccc12. The summed E-state index contributed by atoms with van der Waals surface area (Å²) in [6.07, 6.45) is 5.76. The van der Waals surface area contributed by atoms with E-state index in [0.717, 1.165) is 10.9 Å². The maximum Gasteiger partial charge on any atom is 0.339 e. The van der Waals surface area contributed by atoms with Crippen molar-refractivity contribution in [3.63, 3.8) is 0 Å². The van der Waals surface area contributed by atoms with Crippen LogP contribution in [0.1, 0.15) is 28.8 Å². The van der Waals surface area contributed by atoms with Crippen LogP contribution in [0.2, 0.25) is 5.02 Å². The van der Waals surface area contributed by atoms with E-state index in [1.54, 1.807) is 30.6 Å². The Hall–Kier alpha value is -2.53. The summed E-state index contributed by atoms with van der Waals surface area (Å²) >= 11 is 6.08. The summed E-state index contributed by atoms with van der Waals surface area (Å²) in [4.78, 5) is 19.6. The molecule has 128 valence electrons. The largest absolute Gasteiger partial charge is 0.493 e. The summed E-state index contributed by atoms with van der Waals surface area (Å²) < 4.78 is 11.3. The third-order valence-corrected chi connectivity index (χ3v) is 4.47. The molecule has 0 amide bonds. The minimum absolute atomic E-state index is 0.105. The third-order valence-electron chi connectivity index (χ3n) is 4.23. The molecule has 1 aliphatic carbocycles. The normalized spacial score (nSPS) is 13.8. The minimum atomic E-state index is -0.403. The fourth-order valence-electron chi connectivity index (χ4n) is 2.65.